The molecule has 0 aliphatic carbocycles. The fourth-order valence-electron chi connectivity index (χ4n) is 2.11. The molecule has 0 aliphatic heterocycles. The van der Waals surface area contributed by atoms with Crippen molar-refractivity contribution in [3.05, 3.63) is 36.5 Å². The van der Waals surface area contributed by atoms with E-state index in [2.05, 4.69) is 41.3 Å². The summed E-state index contributed by atoms with van der Waals surface area (Å²) in [5.41, 5.74) is 1.15. The minimum atomic E-state index is -1.42. The number of imidazole rings is 1. The maximum Gasteiger partial charge on any atom is 0.141 e. The molecular weight excluding hydrogens is 252 g/mol. The first-order valence-electron chi connectivity index (χ1n) is 6.73. The van der Waals surface area contributed by atoms with Crippen molar-refractivity contribution in [2.24, 2.45) is 0 Å². The van der Waals surface area contributed by atoms with Crippen molar-refractivity contribution < 1.29 is 4.74 Å². The van der Waals surface area contributed by atoms with Crippen LogP contribution in [0, 0.1) is 0 Å². The fraction of sp³-hybridized carbons (Fsp3) is 0.400. The number of ether oxygens (including phenoxy) is 1. The van der Waals surface area contributed by atoms with Crippen LogP contribution in [-0.2, 0) is 11.5 Å². The van der Waals surface area contributed by atoms with Crippen molar-refractivity contribution in [2.75, 3.05) is 6.61 Å². The molecule has 0 aliphatic rings. The molecule has 4 heteroatoms. The Morgan fingerprint density at radius 3 is 2.42 bits per heavy atom. The summed E-state index contributed by atoms with van der Waals surface area (Å²) in [5.74, 6) is 1.01. The van der Waals surface area contributed by atoms with Gasteiger partial charge in [0.1, 0.15) is 20.6 Å². The summed E-state index contributed by atoms with van der Waals surface area (Å²) in [7, 11) is -1.42. The fourth-order valence-corrected chi connectivity index (χ4v) is 3.54. The Bertz CT molecular complexity index is 529. The average molecular weight is 274 g/mol. The molecule has 1 heterocycles. The van der Waals surface area contributed by atoms with Gasteiger partial charge in [-0.3, -0.25) is 0 Å². The van der Waals surface area contributed by atoms with Crippen LogP contribution in [0.2, 0.25) is 19.6 Å². The highest BCUT2D eigenvalue weighted by Crippen LogP contribution is 2.18. The first-order valence-corrected chi connectivity index (χ1v) is 10.2. The molecule has 0 N–H and O–H groups in total. The van der Waals surface area contributed by atoms with Gasteiger partial charge < -0.3 is 9.30 Å². The Labute approximate surface area is 116 Å². The Hall–Kier alpha value is -1.39. The minimum absolute atomic E-state index is 0.584. The Kier molecular flexibility index (Phi) is 4.22. The van der Waals surface area contributed by atoms with E-state index in [4.69, 9.17) is 4.74 Å². The second-order valence-corrected chi connectivity index (χ2v) is 10.6. The van der Waals surface area contributed by atoms with Crippen LogP contribution < -0.4 is 5.32 Å². The van der Waals surface area contributed by atoms with Crippen LogP contribution >= 0.6 is 0 Å². The first kappa shape index (κ1) is 14.0. The molecule has 19 heavy (non-hydrogen) atoms. The van der Waals surface area contributed by atoms with E-state index in [0.29, 0.717) is 6.73 Å². The summed E-state index contributed by atoms with van der Waals surface area (Å²) >= 11 is 0. The van der Waals surface area contributed by atoms with Gasteiger partial charge in [0.2, 0.25) is 0 Å². The van der Waals surface area contributed by atoms with Crippen LogP contribution in [0.15, 0.2) is 36.5 Å². The van der Waals surface area contributed by atoms with Crippen LogP contribution in [0.1, 0.15) is 6.92 Å². The summed E-state index contributed by atoms with van der Waals surface area (Å²) in [6.45, 7) is 10.3. The Morgan fingerprint density at radius 1 is 1.16 bits per heavy atom. The Balaban J connectivity index is 2.47. The minimum Gasteiger partial charge on any atom is -0.361 e. The molecule has 3 nitrogen and oxygen atoms in total. The van der Waals surface area contributed by atoms with Crippen LogP contribution in [0.3, 0.4) is 0 Å². The van der Waals surface area contributed by atoms with E-state index in [0.717, 1.165) is 18.0 Å². The third-order valence-electron chi connectivity index (χ3n) is 3.08. The second-order valence-electron chi connectivity index (χ2n) is 5.63. The van der Waals surface area contributed by atoms with E-state index in [1.165, 1.54) is 5.32 Å². The van der Waals surface area contributed by atoms with E-state index in [9.17, 15) is 0 Å². The smallest absolute Gasteiger partial charge is 0.141 e. The molecule has 0 unspecified atom stereocenters. The molecule has 0 radical (unpaired) electrons. The molecule has 2 rings (SSSR count). The lowest BCUT2D eigenvalue weighted by molar-refractivity contribution is 0.0907. The van der Waals surface area contributed by atoms with Crippen LogP contribution in [0.4, 0.5) is 0 Å². The van der Waals surface area contributed by atoms with Crippen LogP contribution in [0.5, 0.6) is 0 Å². The van der Waals surface area contributed by atoms with E-state index in [-0.39, 0.29) is 0 Å². The molecule has 0 saturated carbocycles. The zero-order chi connectivity index (χ0) is 13.9. The second kappa shape index (κ2) is 5.71. The zero-order valence-electron chi connectivity index (χ0n) is 12.2. The molecular formula is C15H22N2OSi. The molecule has 2 aromatic rings. The van der Waals surface area contributed by atoms with Crippen LogP contribution in [0.25, 0.3) is 11.4 Å². The van der Waals surface area contributed by atoms with Crippen molar-refractivity contribution in [3.63, 3.8) is 0 Å². The normalized spacial score (nSPS) is 11.8. The molecule has 102 valence electrons. The summed E-state index contributed by atoms with van der Waals surface area (Å²) in [5, 5.41) is 1.33. The molecule has 0 saturated heterocycles. The van der Waals surface area contributed by atoms with Gasteiger partial charge >= 0.3 is 0 Å². The van der Waals surface area contributed by atoms with E-state index in [1.807, 2.05) is 31.3 Å². The number of nitrogens with zero attached hydrogens (tertiary/aromatic N) is 2. The lowest BCUT2D eigenvalue weighted by Gasteiger charge is -2.20. The average Bonchev–Trinajstić information content (AvgIpc) is 2.81. The third kappa shape index (κ3) is 3.14. The lowest BCUT2D eigenvalue weighted by atomic mass is 10.2. The van der Waals surface area contributed by atoms with Crippen molar-refractivity contribution >= 4 is 13.4 Å². The van der Waals surface area contributed by atoms with Gasteiger partial charge in [0.05, 0.1) is 0 Å². The standard InChI is InChI=1S/C15H22N2OSi/c1-5-18-12-17-14(19(2,3)4)11-16-15(17)13-9-7-6-8-10-13/h6-11H,5,12H2,1-4H3. The van der Waals surface area contributed by atoms with Gasteiger partial charge in [0.25, 0.3) is 0 Å². The molecule has 0 atom stereocenters. The topological polar surface area (TPSA) is 27.1 Å². The van der Waals surface area contributed by atoms with Gasteiger partial charge in [0.15, 0.2) is 0 Å². The molecule has 1 aromatic heterocycles. The van der Waals surface area contributed by atoms with Crippen molar-refractivity contribution in [2.45, 2.75) is 33.3 Å². The van der Waals surface area contributed by atoms with Gasteiger partial charge in [0, 0.05) is 23.7 Å². The quantitative estimate of drug-likeness (QED) is 0.783. The van der Waals surface area contributed by atoms with E-state index >= 15 is 0 Å². The highest BCUT2D eigenvalue weighted by Gasteiger charge is 2.24. The first-order chi connectivity index (χ1) is 9.04. The summed E-state index contributed by atoms with van der Waals surface area (Å²) < 4.78 is 7.85. The van der Waals surface area contributed by atoms with Gasteiger partial charge in [-0.1, -0.05) is 50.0 Å². The predicted molar refractivity (Wildman–Crippen MR) is 82.3 cm³/mol. The highest BCUT2D eigenvalue weighted by atomic mass is 28.3. The van der Waals surface area contributed by atoms with Gasteiger partial charge in [-0.15, -0.1) is 0 Å². The molecule has 1 aromatic carbocycles. The summed E-state index contributed by atoms with van der Waals surface area (Å²) in [6, 6.07) is 10.3. The number of benzene rings is 1. The van der Waals surface area contributed by atoms with Gasteiger partial charge in [-0.25, -0.2) is 4.98 Å². The maximum absolute atomic E-state index is 5.62. The van der Waals surface area contributed by atoms with Crippen molar-refractivity contribution in [1.29, 1.82) is 0 Å². The van der Waals surface area contributed by atoms with Crippen molar-refractivity contribution in [3.8, 4) is 11.4 Å². The largest absolute Gasteiger partial charge is 0.361 e. The van der Waals surface area contributed by atoms with Gasteiger partial charge in [-0.2, -0.15) is 0 Å². The number of rotatable bonds is 5. The summed E-state index contributed by atoms with van der Waals surface area (Å²) in [4.78, 5) is 4.62. The number of hydrogen-bond donors (Lipinski definition) is 0. The van der Waals surface area contributed by atoms with E-state index in [1.54, 1.807) is 0 Å². The zero-order valence-corrected chi connectivity index (χ0v) is 13.2. The third-order valence-corrected chi connectivity index (χ3v) is 5.02. The SMILES string of the molecule is CCOCn1c([Si](C)(C)C)cnc1-c1ccccc1. The Morgan fingerprint density at radius 2 is 1.84 bits per heavy atom. The van der Waals surface area contributed by atoms with E-state index < -0.39 is 8.07 Å². The maximum atomic E-state index is 5.62. The van der Waals surface area contributed by atoms with Crippen molar-refractivity contribution in [1.82, 2.24) is 9.55 Å². The monoisotopic (exact) mass is 274 g/mol. The summed E-state index contributed by atoms with van der Waals surface area (Å²) in [6.07, 6.45) is 2.02. The molecule has 0 bridgehead atoms. The lowest BCUT2D eigenvalue weighted by Crippen LogP contribution is -2.43. The number of hydrogen-bond acceptors (Lipinski definition) is 2. The predicted octanol–water partition coefficient (Wildman–Crippen LogP) is 3.09. The highest BCUT2D eigenvalue weighted by molar-refractivity contribution is 6.88. The molecule has 0 spiro atoms. The number of aromatic nitrogens is 2. The molecule has 0 amide bonds. The van der Waals surface area contributed by atoms with Crippen LogP contribution in [-0.4, -0.2) is 24.2 Å². The van der Waals surface area contributed by atoms with Gasteiger partial charge in [-0.05, 0) is 6.92 Å². The molecule has 0 fully saturated rings.